The lowest BCUT2D eigenvalue weighted by molar-refractivity contribution is -0.384. The molecule has 0 aliphatic rings. The fourth-order valence-electron chi connectivity index (χ4n) is 2.18. The highest BCUT2D eigenvalue weighted by Gasteiger charge is 2.32. The molecule has 0 aliphatic heterocycles. The molecular formula is C16H9F3N2O2S. The van der Waals surface area contributed by atoms with E-state index >= 15 is 0 Å². The Kier molecular flexibility index (Phi) is 4.06. The lowest BCUT2D eigenvalue weighted by atomic mass is 10.1. The Balaban J connectivity index is 1.96. The second kappa shape index (κ2) is 6.04. The van der Waals surface area contributed by atoms with Gasteiger partial charge in [-0.15, -0.1) is 11.3 Å². The Bertz CT molecular complexity index is 948. The van der Waals surface area contributed by atoms with Gasteiger partial charge in [0.1, 0.15) is 5.01 Å². The SMILES string of the molecule is O=[N+]([O-])c1ccc2nc(/C=C/c3ccccc3C(F)(F)F)sc2c1. The molecule has 1 heterocycles. The molecule has 24 heavy (non-hydrogen) atoms. The number of benzene rings is 2. The molecule has 2 aromatic carbocycles. The van der Waals surface area contributed by atoms with Crippen molar-refractivity contribution >= 4 is 39.4 Å². The zero-order chi connectivity index (χ0) is 17.3. The van der Waals surface area contributed by atoms with Crippen molar-refractivity contribution in [3.05, 3.63) is 68.7 Å². The number of non-ortho nitro benzene ring substituents is 1. The van der Waals surface area contributed by atoms with Crippen LogP contribution in [-0.4, -0.2) is 9.91 Å². The molecule has 0 saturated heterocycles. The molecule has 0 atom stereocenters. The predicted molar refractivity (Wildman–Crippen MR) is 86.6 cm³/mol. The molecule has 8 heteroatoms. The summed E-state index contributed by atoms with van der Waals surface area (Å²) in [4.78, 5) is 14.5. The predicted octanol–water partition coefficient (Wildman–Crippen LogP) is 5.39. The first-order valence-corrected chi connectivity index (χ1v) is 7.55. The smallest absolute Gasteiger partial charge is 0.258 e. The minimum Gasteiger partial charge on any atom is -0.258 e. The third kappa shape index (κ3) is 3.28. The topological polar surface area (TPSA) is 56.0 Å². The van der Waals surface area contributed by atoms with E-state index in [1.54, 1.807) is 0 Å². The summed E-state index contributed by atoms with van der Waals surface area (Å²) in [6.45, 7) is 0. The van der Waals surface area contributed by atoms with Crippen LogP contribution in [0.2, 0.25) is 0 Å². The van der Waals surface area contributed by atoms with Gasteiger partial charge in [-0.05, 0) is 23.8 Å². The van der Waals surface area contributed by atoms with Gasteiger partial charge < -0.3 is 0 Å². The van der Waals surface area contributed by atoms with E-state index in [-0.39, 0.29) is 11.3 Å². The van der Waals surface area contributed by atoms with Crippen molar-refractivity contribution in [2.24, 2.45) is 0 Å². The third-order valence-electron chi connectivity index (χ3n) is 3.27. The van der Waals surface area contributed by atoms with Gasteiger partial charge in [-0.1, -0.05) is 24.3 Å². The molecule has 0 aliphatic carbocycles. The van der Waals surface area contributed by atoms with Gasteiger partial charge in [0.05, 0.1) is 20.7 Å². The van der Waals surface area contributed by atoms with E-state index in [1.807, 2.05) is 0 Å². The molecule has 3 rings (SSSR count). The standard InChI is InChI=1S/C16H9F3N2O2S/c17-16(18,19)12-4-2-1-3-10(12)5-8-15-20-13-7-6-11(21(22)23)9-14(13)24-15/h1-9H/b8-5+. The van der Waals surface area contributed by atoms with Crippen LogP contribution in [0, 0.1) is 10.1 Å². The highest BCUT2D eigenvalue weighted by molar-refractivity contribution is 7.19. The molecular weight excluding hydrogens is 341 g/mol. The second-order valence-corrected chi connectivity index (χ2v) is 5.94. The first-order valence-electron chi connectivity index (χ1n) is 6.74. The molecule has 0 radical (unpaired) electrons. The summed E-state index contributed by atoms with van der Waals surface area (Å²) in [7, 11) is 0. The lowest BCUT2D eigenvalue weighted by Gasteiger charge is -2.09. The second-order valence-electron chi connectivity index (χ2n) is 4.88. The van der Waals surface area contributed by atoms with Crippen molar-refractivity contribution in [1.29, 1.82) is 0 Å². The van der Waals surface area contributed by atoms with E-state index in [4.69, 9.17) is 0 Å². The molecule has 0 saturated carbocycles. The summed E-state index contributed by atoms with van der Waals surface area (Å²) >= 11 is 1.18. The number of alkyl halides is 3. The van der Waals surface area contributed by atoms with Gasteiger partial charge >= 0.3 is 6.18 Å². The summed E-state index contributed by atoms with van der Waals surface area (Å²) in [6, 6.07) is 9.50. The van der Waals surface area contributed by atoms with Gasteiger partial charge in [0.15, 0.2) is 0 Å². The maximum atomic E-state index is 13.0. The summed E-state index contributed by atoms with van der Waals surface area (Å²) in [5, 5.41) is 11.2. The Hall–Kier alpha value is -2.74. The molecule has 0 N–H and O–H groups in total. The maximum Gasteiger partial charge on any atom is 0.416 e. The van der Waals surface area contributed by atoms with Crippen LogP contribution < -0.4 is 0 Å². The lowest BCUT2D eigenvalue weighted by Crippen LogP contribution is -2.06. The number of thiazole rings is 1. The molecule has 0 bridgehead atoms. The minimum atomic E-state index is -4.44. The van der Waals surface area contributed by atoms with Crippen LogP contribution in [0.1, 0.15) is 16.1 Å². The van der Waals surface area contributed by atoms with Crippen molar-refractivity contribution in [2.75, 3.05) is 0 Å². The minimum absolute atomic E-state index is 0.0373. The molecule has 122 valence electrons. The summed E-state index contributed by atoms with van der Waals surface area (Å²) in [5.41, 5.74) is -0.174. The number of nitrogens with zero attached hydrogens (tertiary/aromatic N) is 2. The summed E-state index contributed by atoms with van der Waals surface area (Å²) < 4.78 is 39.5. The van der Waals surface area contributed by atoms with Gasteiger partial charge in [-0.3, -0.25) is 10.1 Å². The van der Waals surface area contributed by atoms with Crippen LogP contribution in [0.15, 0.2) is 42.5 Å². The number of hydrogen-bond donors (Lipinski definition) is 0. The molecule has 0 fully saturated rings. The average Bonchev–Trinajstić information content (AvgIpc) is 2.94. The van der Waals surface area contributed by atoms with E-state index < -0.39 is 16.7 Å². The van der Waals surface area contributed by atoms with Crippen LogP contribution in [0.5, 0.6) is 0 Å². The van der Waals surface area contributed by atoms with E-state index in [1.165, 1.54) is 59.9 Å². The number of nitro groups is 1. The summed E-state index contributed by atoms with van der Waals surface area (Å²) in [5.74, 6) is 0. The number of aromatic nitrogens is 1. The molecule has 1 aromatic heterocycles. The van der Waals surface area contributed by atoms with Crippen LogP contribution in [-0.2, 0) is 6.18 Å². The molecule has 3 aromatic rings. The normalized spacial score (nSPS) is 12.1. The van der Waals surface area contributed by atoms with Crippen molar-refractivity contribution < 1.29 is 18.1 Å². The van der Waals surface area contributed by atoms with Crippen molar-refractivity contribution in [3.63, 3.8) is 0 Å². The van der Waals surface area contributed by atoms with E-state index in [0.717, 1.165) is 6.07 Å². The Labute approximate surface area is 138 Å². The van der Waals surface area contributed by atoms with Crippen molar-refractivity contribution in [2.45, 2.75) is 6.18 Å². The van der Waals surface area contributed by atoms with Crippen molar-refractivity contribution in [3.8, 4) is 0 Å². The van der Waals surface area contributed by atoms with E-state index in [2.05, 4.69) is 4.98 Å². The largest absolute Gasteiger partial charge is 0.416 e. The van der Waals surface area contributed by atoms with Gasteiger partial charge in [0.2, 0.25) is 0 Å². The zero-order valence-electron chi connectivity index (χ0n) is 11.9. The number of rotatable bonds is 3. The quantitative estimate of drug-likeness (QED) is 0.470. The van der Waals surface area contributed by atoms with Gasteiger partial charge in [0.25, 0.3) is 5.69 Å². The number of fused-ring (bicyclic) bond motifs is 1. The number of nitro benzene ring substituents is 1. The highest BCUT2D eigenvalue weighted by Crippen LogP contribution is 2.33. The fraction of sp³-hybridized carbons (Fsp3) is 0.0625. The number of hydrogen-bond acceptors (Lipinski definition) is 4. The first-order chi connectivity index (χ1) is 11.3. The Morgan fingerprint density at radius 3 is 2.58 bits per heavy atom. The van der Waals surface area contributed by atoms with Gasteiger partial charge in [0, 0.05) is 12.1 Å². The van der Waals surface area contributed by atoms with Crippen LogP contribution >= 0.6 is 11.3 Å². The van der Waals surface area contributed by atoms with Crippen molar-refractivity contribution in [1.82, 2.24) is 4.98 Å². The van der Waals surface area contributed by atoms with Crippen LogP contribution in [0.3, 0.4) is 0 Å². The maximum absolute atomic E-state index is 13.0. The zero-order valence-corrected chi connectivity index (χ0v) is 12.8. The molecule has 4 nitrogen and oxygen atoms in total. The van der Waals surface area contributed by atoms with Crippen LogP contribution in [0.4, 0.5) is 18.9 Å². The molecule has 0 spiro atoms. The van der Waals surface area contributed by atoms with E-state index in [9.17, 15) is 23.3 Å². The van der Waals surface area contributed by atoms with Gasteiger partial charge in [-0.25, -0.2) is 4.98 Å². The number of halogens is 3. The third-order valence-corrected chi connectivity index (χ3v) is 4.25. The Morgan fingerprint density at radius 1 is 1.12 bits per heavy atom. The van der Waals surface area contributed by atoms with Gasteiger partial charge in [-0.2, -0.15) is 13.2 Å². The molecule has 0 unspecified atom stereocenters. The summed E-state index contributed by atoms with van der Waals surface area (Å²) in [6.07, 6.45) is -1.62. The highest BCUT2D eigenvalue weighted by atomic mass is 32.1. The van der Waals surface area contributed by atoms with E-state index in [0.29, 0.717) is 15.2 Å². The first kappa shape index (κ1) is 16.1. The fourth-order valence-corrected chi connectivity index (χ4v) is 3.08. The molecule has 0 amide bonds. The van der Waals surface area contributed by atoms with Crippen LogP contribution in [0.25, 0.3) is 22.4 Å². The average molecular weight is 350 g/mol. The monoisotopic (exact) mass is 350 g/mol. The Morgan fingerprint density at radius 2 is 1.88 bits per heavy atom.